The van der Waals surface area contributed by atoms with Crippen molar-refractivity contribution in [2.24, 2.45) is 0 Å². The van der Waals surface area contributed by atoms with Crippen LogP contribution in [0.15, 0.2) is 24.3 Å². The SMILES string of the molecule is COc1cc(OC)c(-c2cc3c(cc2C)C(C)(C)CCC3(C)C)cc1CC1CNCS1. The Morgan fingerprint density at radius 3 is 2.13 bits per heavy atom. The number of methoxy groups -OCH3 is 2. The summed E-state index contributed by atoms with van der Waals surface area (Å²) in [7, 11) is 3.52. The van der Waals surface area contributed by atoms with Gasteiger partial charge in [0, 0.05) is 29.3 Å². The molecule has 1 unspecified atom stereocenters. The van der Waals surface area contributed by atoms with Crippen molar-refractivity contribution < 1.29 is 9.47 Å². The van der Waals surface area contributed by atoms with Gasteiger partial charge < -0.3 is 14.8 Å². The molecule has 0 spiro atoms. The number of ether oxygens (including phenoxy) is 2. The third-order valence-electron chi connectivity index (χ3n) is 7.33. The van der Waals surface area contributed by atoms with Gasteiger partial charge in [0.05, 0.1) is 14.2 Å². The molecule has 0 radical (unpaired) electrons. The summed E-state index contributed by atoms with van der Waals surface area (Å²) in [5.41, 5.74) is 8.42. The van der Waals surface area contributed by atoms with Gasteiger partial charge in [-0.05, 0) is 77.0 Å². The fourth-order valence-corrected chi connectivity index (χ4v) is 6.18. The van der Waals surface area contributed by atoms with Crippen molar-refractivity contribution >= 4 is 11.8 Å². The lowest BCUT2D eigenvalue weighted by atomic mass is 9.62. The molecule has 2 aromatic rings. The van der Waals surface area contributed by atoms with E-state index in [0.717, 1.165) is 30.3 Å². The van der Waals surface area contributed by atoms with E-state index in [1.54, 1.807) is 14.2 Å². The van der Waals surface area contributed by atoms with Crippen molar-refractivity contribution in [3.8, 4) is 22.6 Å². The first kappa shape index (κ1) is 22.5. The zero-order chi connectivity index (χ0) is 22.4. The van der Waals surface area contributed by atoms with Crippen molar-refractivity contribution in [3.63, 3.8) is 0 Å². The third kappa shape index (κ3) is 4.21. The predicted octanol–water partition coefficient (Wildman–Crippen LogP) is 6.23. The van der Waals surface area contributed by atoms with Crippen molar-refractivity contribution in [1.29, 1.82) is 0 Å². The molecule has 0 aromatic heterocycles. The second-order valence-corrected chi connectivity index (χ2v) is 11.7. The Labute approximate surface area is 192 Å². The molecule has 168 valence electrons. The highest BCUT2D eigenvalue weighted by Gasteiger charge is 2.37. The maximum atomic E-state index is 5.86. The van der Waals surface area contributed by atoms with Gasteiger partial charge in [0.2, 0.25) is 0 Å². The molecule has 4 rings (SSSR count). The smallest absolute Gasteiger partial charge is 0.130 e. The van der Waals surface area contributed by atoms with Crippen LogP contribution in [0, 0.1) is 6.92 Å². The second kappa shape index (κ2) is 8.37. The van der Waals surface area contributed by atoms with Crippen molar-refractivity contribution in [3.05, 3.63) is 46.5 Å². The van der Waals surface area contributed by atoms with Crippen LogP contribution in [-0.4, -0.2) is 31.9 Å². The molecule has 3 nitrogen and oxygen atoms in total. The first-order valence-corrected chi connectivity index (χ1v) is 12.4. The highest BCUT2D eigenvalue weighted by molar-refractivity contribution is 8.00. The van der Waals surface area contributed by atoms with Crippen LogP contribution in [0.3, 0.4) is 0 Å². The largest absolute Gasteiger partial charge is 0.496 e. The Balaban J connectivity index is 1.87. The number of nitrogens with one attached hydrogen (secondary N) is 1. The van der Waals surface area contributed by atoms with Crippen LogP contribution < -0.4 is 14.8 Å². The predicted molar refractivity (Wildman–Crippen MR) is 133 cm³/mol. The van der Waals surface area contributed by atoms with Gasteiger partial charge in [0.1, 0.15) is 11.5 Å². The molecule has 0 amide bonds. The van der Waals surface area contributed by atoms with Gasteiger partial charge in [-0.15, -0.1) is 11.8 Å². The van der Waals surface area contributed by atoms with Crippen LogP contribution >= 0.6 is 11.8 Å². The summed E-state index contributed by atoms with van der Waals surface area (Å²) < 4.78 is 11.6. The molecule has 1 N–H and O–H groups in total. The topological polar surface area (TPSA) is 30.5 Å². The molecule has 1 atom stereocenters. The van der Waals surface area contributed by atoms with Gasteiger partial charge >= 0.3 is 0 Å². The molecular formula is C27H37NO2S. The van der Waals surface area contributed by atoms with E-state index in [1.807, 2.05) is 11.8 Å². The van der Waals surface area contributed by atoms with Gasteiger partial charge in [0.15, 0.2) is 0 Å². The molecule has 0 saturated carbocycles. The van der Waals surface area contributed by atoms with E-state index in [-0.39, 0.29) is 10.8 Å². The molecule has 1 fully saturated rings. The summed E-state index contributed by atoms with van der Waals surface area (Å²) in [6.07, 6.45) is 3.45. The maximum Gasteiger partial charge on any atom is 0.130 e. The lowest BCUT2D eigenvalue weighted by molar-refractivity contribution is 0.332. The maximum absolute atomic E-state index is 5.86. The van der Waals surface area contributed by atoms with Crippen molar-refractivity contribution in [2.45, 2.75) is 70.0 Å². The Kier molecular flexibility index (Phi) is 6.08. The average molecular weight is 440 g/mol. The van der Waals surface area contributed by atoms with Crippen LogP contribution in [0.25, 0.3) is 11.1 Å². The molecule has 2 aliphatic rings. The number of aryl methyl sites for hydroxylation is 1. The van der Waals surface area contributed by atoms with Crippen LogP contribution in [-0.2, 0) is 17.3 Å². The fourth-order valence-electron chi connectivity index (χ4n) is 5.18. The van der Waals surface area contributed by atoms with E-state index in [1.165, 1.54) is 46.2 Å². The number of thioether (sulfide) groups is 1. The number of hydrogen-bond donors (Lipinski definition) is 1. The molecule has 1 aliphatic carbocycles. The first-order chi connectivity index (χ1) is 14.7. The fraction of sp³-hybridized carbons (Fsp3) is 0.556. The minimum atomic E-state index is 0.183. The summed E-state index contributed by atoms with van der Waals surface area (Å²) in [4.78, 5) is 0. The first-order valence-electron chi connectivity index (χ1n) is 11.4. The normalized spacial score (nSPS) is 21.6. The van der Waals surface area contributed by atoms with Gasteiger partial charge in [-0.25, -0.2) is 0 Å². The lowest BCUT2D eigenvalue weighted by Crippen LogP contribution is -2.34. The van der Waals surface area contributed by atoms with Gasteiger partial charge in [0.25, 0.3) is 0 Å². The van der Waals surface area contributed by atoms with Crippen LogP contribution in [0.1, 0.15) is 62.8 Å². The minimum Gasteiger partial charge on any atom is -0.496 e. The Hall–Kier alpha value is -1.65. The van der Waals surface area contributed by atoms with E-state index in [9.17, 15) is 0 Å². The number of benzene rings is 2. The summed E-state index contributed by atoms with van der Waals surface area (Å²) in [6.45, 7) is 12.9. The number of hydrogen-bond acceptors (Lipinski definition) is 4. The van der Waals surface area contributed by atoms with Gasteiger partial charge in [-0.3, -0.25) is 0 Å². The quantitative estimate of drug-likeness (QED) is 0.598. The monoisotopic (exact) mass is 439 g/mol. The second-order valence-electron chi connectivity index (χ2n) is 10.4. The highest BCUT2D eigenvalue weighted by Crippen LogP contribution is 2.49. The van der Waals surface area contributed by atoms with E-state index < -0.39 is 0 Å². The van der Waals surface area contributed by atoms with Crippen LogP contribution in [0.4, 0.5) is 0 Å². The Bertz CT molecular complexity index is 974. The van der Waals surface area contributed by atoms with E-state index >= 15 is 0 Å². The average Bonchev–Trinajstić information content (AvgIpc) is 3.24. The Morgan fingerprint density at radius 1 is 0.903 bits per heavy atom. The molecule has 1 saturated heterocycles. The van der Waals surface area contributed by atoms with Crippen molar-refractivity contribution in [2.75, 3.05) is 26.6 Å². The molecule has 0 bridgehead atoms. The number of fused-ring (bicyclic) bond motifs is 1. The molecule has 2 aromatic carbocycles. The van der Waals surface area contributed by atoms with Crippen molar-refractivity contribution in [1.82, 2.24) is 5.32 Å². The summed E-state index contributed by atoms with van der Waals surface area (Å²) in [5.74, 6) is 2.84. The van der Waals surface area contributed by atoms with E-state index in [2.05, 4.69) is 64.2 Å². The minimum absolute atomic E-state index is 0.183. The van der Waals surface area contributed by atoms with Crippen LogP contribution in [0.2, 0.25) is 0 Å². The molecule has 1 heterocycles. The number of rotatable bonds is 5. The zero-order valence-corrected chi connectivity index (χ0v) is 21.0. The summed E-state index contributed by atoms with van der Waals surface area (Å²) in [6, 6.07) is 9.27. The lowest BCUT2D eigenvalue weighted by Gasteiger charge is -2.42. The van der Waals surface area contributed by atoms with Gasteiger partial charge in [-0.1, -0.05) is 33.8 Å². The molecular weight excluding hydrogens is 402 g/mol. The van der Waals surface area contributed by atoms with Crippen LogP contribution in [0.5, 0.6) is 11.5 Å². The zero-order valence-electron chi connectivity index (χ0n) is 20.1. The van der Waals surface area contributed by atoms with E-state index in [0.29, 0.717) is 5.25 Å². The highest BCUT2D eigenvalue weighted by atomic mass is 32.2. The molecule has 31 heavy (non-hydrogen) atoms. The Morgan fingerprint density at radius 2 is 1.55 bits per heavy atom. The summed E-state index contributed by atoms with van der Waals surface area (Å²) in [5, 5.41) is 4.04. The third-order valence-corrected chi connectivity index (χ3v) is 8.51. The standard InChI is InChI=1S/C27H37NO2S/c1-17-10-22-23(27(4,5)9-8-26(22,2)3)13-20(17)21-12-18(11-19-15-28-16-31-19)24(29-6)14-25(21)30-7/h10,12-14,19,28H,8-9,11,15-16H2,1-7H3. The molecule has 4 heteroatoms. The van der Waals surface area contributed by atoms with Gasteiger partial charge in [-0.2, -0.15) is 0 Å². The van der Waals surface area contributed by atoms with E-state index in [4.69, 9.17) is 9.47 Å². The summed E-state index contributed by atoms with van der Waals surface area (Å²) >= 11 is 1.99. The molecule has 1 aliphatic heterocycles.